The fourth-order valence-electron chi connectivity index (χ4n) is 5.51. The minimum absolute atomic E-state index is 0.148. The van der Waals surface area contributed by atoms with Gasteiger partial charge in [-0.2, -0.15) is 26.3 Å². The largest absolute Gasteiger partial charge is 0.416 e. The van der Waals surface area contributed by atoms with Crippen molar-refractivity contribution in [1.29, 1.82) is 0 Å². The molecule has 238 valence electrons. The molecule has 1 aromatic heterocycles. The van der Waals surface area contributed by atoms with Crippen molar-refractivity contribution in [2.24, 2.45) is 5.92 Å². The van der Waals surface area contributed by atoms with Gasteiger partial charge in [-0.25, -0.2) is 4.90 Å². The Balaban J connectivity index is 1.39. The lowest BCUT2D eigenvalue weighted by Gasteiger charge is -2.30. The molecule has 46 heavy (non-hydrogen) atoms. The fraction of sp³-hybridized carbons (Fsp3) is 0.200. The summed E-state index contributed by atoms with van der Waals surface area (Å²) in [6, 6.07) is 14.6. The molecule has 1 N–H and O–H groups in total. The molecule has 6 rings (SSSR count). The van der Waals surface area contributed by atoms with Crippen molar-refractivity contribution in [3.8, 4) is 0 Å². The number of hydrogen-bond donors (Lipinski definition) is 1. The van der Waals surface area contributed by atoms with Crippen LogP contribution in [-0.4, -0.2) is 27.5 Å². The van der Waals surface area contributed by atoms with Gasteiger partial charge in [0.1, 0.15) is 11.8 Å². The molecular formula is C30H18BrF6N3O4S2. The molecule has 0 bridgehead atoms. The molecule has 2 aliphatic heterocycles. The number of halogens is 7. The van der Waals surface area contributed by atoms with Crippen molar-refractivity contribution in [3.63, 3.8) is 0 Å². The monoisotopic (exact) mass is 741 g/mol. The van der Waals surface area contributed by atoms with Gasteiger partial charge in [0, 0.05) is 21.0 Å². The van der Waals surface area contributed by atoms with E-state index < -0.39 is 69.7 Å². The first-order valence-corrected chi connectivity index (χ1v) is 15.8. The lowest BCUT2D eigenvalue weighted by atomic mass is 9.83. The van der Waals surface area contributed by atoms with E-state index in [1.54, 1.807) is 24.3 Å². The zero-order valence-corrected chi connectivity index (χ0v) is 26.1. The number of amides is 3. The summed E-state index contributed by atoms with van der Waals surface area (Å²) in [5, 5.41) is 1.39. The van der Waals surface area contributed by atoms with Gasteiger partial charge in [-0.1, -0.05) is 63.3 Å². The van der Waals surface area contributed by atoms with E-state index in [0.29, 0.717) is 14.9 Å². The van der Waals surface area contributed by atoms with Gasteiger partial charge in [-0.15, -0.1) is 0 Å². The van der Waals surface area contributed by atoms with E-state index in [1.165, 1.54) is 12.1 Å². The lowest BCUT2D eigenvalue weighted by Crippen LogP contribution is -2.33. The zero-order chi connectivity index (χ0) is 33.1. The smallest absolute Gasteiger partial charge is 0.325 e. The fourth-order valence-corrected chi connectivity index (χ4v) is 8.70. The summed E-state index contributed by atoms with van der Waals surface area (Å²) in [4.78, 5) is 54.5. The third-order valence-electron chi connectivity index (χ3n) is 7.46. The summed E-state index contributed by atoms with van der Waals surface area (Å²) in [5.41, 5.74) is -1.89. The summed E-state index contributed by atoms with van der Waals surface area (Å²) in [7, 11) is 0. The highest BCUT2D eigenvalue weighted by molar-refractivity contribution is 9.10. The maximum Gasteiger partial charge on any atom is 0.416 e. The van der Waals surface area contributed by atoms with Crippen molar-refractivity contribution in [2.45, 2.75) is 35.1 Å². The van der Waals surface area contributed by atoms with Crippen LogP contribution in [0.5, 0.6) is 0 Å². The van der Waals surface area contributed by atoms with Crippen molar-refractivity contribution < 1.29 is 40.7 Å². The first-order valence-electron chi connectivity index (χ1n) is 13.3. The average molecular weight is 743 g/mol. The van der Waals surface area contributed by atoms with Crippen molar-refractivity contribution in [1.82, 2.24) is 4.57 Å². The van der Waals surface area contributed by atoms with Crippen LogP contribution in [0.4, 0.5) is 37.7 Å². The molecule has 7 nitrogen and oxygen atoms in total. The number of nitrogens with zero attached hydrogens (tertiary/aromatic N) is 2. The number of rotatable bonds is 5. The van der Waals surface area contributed by atoms with Crippen LogP contribution < -0.4 is 15.1 Å². The molecule has 3 heterocycles. The number of benzene rings is 3. The lowest BCUT2D eigenvalue weighted by molar-refractivity contribution is -0.138. The Morgan fingerprint density at radius 2 is 1.50 bits per heavy atom. The Hall–Kier alpha value is -3.89. The molecule has 16 heteroatoms. The second-order valence-electron chi connectivity index (χ2n) is 10.4. The number of carbonyl (C=O) groups is 3. The Kier molecular flexibility index (Phi) is 8.17. The minimum atomic E-state index is -4.73. The molecule has 2 aliphatic rings. The summed E-state index contributed by atoms with van der Waals surface area (Å²) < 4.78 is 81.7. The third kappa shape index (κ3) is 5.88. The van der Waals surface area contributed by atoms with Crippen molar-refractivity contribution in [2.75, 3.05) is 10.2 Å². The first-order chi connectivity index (χ1) is 21.6. The molecule has 3 atom stereocenters. The predicted octanol–water partition coefficient (Wildman–Crippen LogP) is 7.14. The van der Waals surface area contributed by atoms with Gasteiger partial charge in [-0.3, -0.25) is 23.7 Å². The number of thioether (sulfide) groups is 1. The van der Waals surface area contributed by atoms with Crippen LogP contribution in [0.2, 0.25) is 0 Å². The minimum Gasteiger partial charge on any atom is -0.325 e. The third-order valence-corrected chi connectivity index (χ3v) is 10.6. The maximum atomic E-state index is 13.9. The quantitative estimate of drug-likeness (QED) is 0.174. The van der Waals surface area contributed by atoms with E-state index in [9.17, 15) is 45.5 Å². The molecule has 1 fully saturated rings. The van der Waals surface area contributed by atoms with E-state index in [2.05, 4.69) is 21.2 Å². The van der Waals surface area contributed by atoms with Gasteiger partial charge >= 0.3 is 17.2 Å². The summed E-state index contributed by atoms with van der Waals surface area (Å²) in [6.45, 7) is -0.615. The molecule has 4 aromatic rings. The molecule has 0 saturated carbocycles. The molecular weight excluding hydrogens is 724 g/mol. The zero-order valence-electron chi connectivity index (χ0n) is 22.9. The van der Waals surface area contributed by atoms with E-state index in [-0.39, 0.29) is 16.4 Å². The van der Waals surface area contributed by atoms with Crippen molar-refractivity contribution in [3.05, 3.63) is 109 Å². The highest BCUT2D eigenvalue weighted by Gasteiger charge is 2.57. The normalized spacial score (nSPS) is 19.6. The summed E-state index contributed by atoms with van der Waals surface area (Å²) in [5.74, 6) is -4.32. The molecule has 2 unspecified atom stereocenters. The number of hydrogen-bond acceptors (Lipinski definition) is 6. The van der Waals surface area contributed by atoms with Crippen LogP contribution in [0.25, 0.3) is 0 Å². The SMILES string of the molecule is O=C(Cn1c2c(sc1=O)[C@H](c1cccc(Br)c1)C1C(=O)N(c3cccc(C(F)(F)F)c3)C(=O)C1S2)Nc1cccc(C(F)(F)F)c1. The van der Waals surface area contributed by atoms with Gasteiger partial charge < -0.3 is 5.32 Å². The van der Waals surface area contributed by atoms with Crippen LogP contribution in [-0.2, 0) is 33.3 Å². The summed E-state index contributed by atoms with van der Waals surface area (Å²) in [6.07, 6.45) is -9.37. The molecule has 3 aromatic carbocycles. The van der Waals surface area contributed by atoms with Gasteiger partial charge in [0.05, 0.1) is 27.8 Å². The standard InChI is InChI=1S/C30H18BrF6N3O4S2/c31-17-7-1-4-14(10-17)21-22-23(26(43)40(25(22)42)19-9-3-6-16(12-19)30(35,36)37)45-27-24(21)46-28(44)39(27)13-20(41)38-18-8-2-5-15(11-18)29(32,33)34/h1-12,21-23H,13H2,(H,38,41)/t21-,22?,23?/m1/s1. The van der Waals surface area contributed by atoms with Gasteiger partial charge in [-0.05, 0) is 54.1 Å². The molecule has 0 spiro atoms. The van der Waals surface area contributed by atoms with Gasteiger partial charge in [0.25, 0.3) is 0 Å². The predicted molar refractivity (Wildman–Crippen MR) is 162 cm³/mol. The van der Waals surface area contributed by atoms with Crippen LogP contribution in [0.3, 0.4) is 0 Å². The van der Waals surface area contributed by atoms with Crippen LogP contribution >= 0.6 is 39.0 Å². The second kappa shape index (κ2) is 11.7. The Labute approximate surface area is 272 Å². The van der Waals surface area contributed by atoms with E-state index in [1.807, 2.05) is 0 Å². The van der Waals surface area contributed by atoms with E-state index in [0.717, 1.165) is 69.0 Å². The number of anilines is 2. The summed E-state index contributed by atoms with van der Waals surface area (Å²) >= 11 is 4.98. The van der Waals surface area contributed by atoms with Crippen LogP contribution in [0, 0.1) is 5.92 Å². The highest BCUT2D eigenvalue weighted by atomic mass is 79.9. The first kappa shape index (κ1) is 32.1. The van der Waals surface area contributed by atoms with E-state index >= 15 is 0 Å². The van der Waals surface area contributed by atoms with Gasteiger partial charge in [0.15, 0.2) is 0 Å². The van der Waals surface area contributed by atoms with E-state index in [4.69, 9.17) is 0 Å². The van der Waals surface area contributed by atoms with Crippen molar-refractivity contribution >= 4 is 68.1 Å². The Morgan fingerprint density at radius 1 is 0.848 bits per heavy atom. The average Bonchev–Trinajstić information content (AvgIpc) is 3.42. The number of carbonyl (C=O) groups excluding carboxylic acids is 3. The number of alkyl halides is 6. The Bertz CT molecular complexity index is 1960. The number of thiazole rings is 1. The Morgan fingerprint density at radius 3 is 2.17 bits per heavy atom. The van der Waals surface area contributed by atoms with Crippen LogP contribution in [0.1, 0.15) is 27.5 Å². The second-order valence-corrected chi connectivity index (χ2v) is 13.4. The topological polar surface area (TPSA) is 88.5 Å². The van der Waals surface area contributed by atoms with Gasteiger partial charge in [0.2, 0.25) is 17.7 Å². The molecule has 0 aliphatic carbocycles. The number of fused-ring (bicyclic) bond motifs is 2. The molecule has 1 saturated heterocycles. The van der Waals surface area contributed by atoms with Crippen LogP contribution in [0.15, 0.2) is 87.1 Å². The molecule has 3 amide bonds. The number of aromatic nitrogens is 1. The number of nitrogens with one attached hydrogen (secondary N) is 1. The highest BCUT2D eigenvalue weighted by Crippen LogP contribution is 2.54. The maximum absolute atomic E-state index is 13.9. The number of imide groups is 1. The molecule has 0 radical (unpaired) electrons.